The van der Waals surface area contributed by atoms with Gasteiger partial charge in [-0.1, -0.05) is 42.1 Å². The molecule has 0 radical (unpaired) electrons. The highest BCUT2D eigenvalue weighted by Crippen LogP contribution is 2.24. The van der Waals surface area contributed by atoms with Crippen molar-refractivity contribution < 1.29 is 4.79 Å². The van der Waals surface area contributed by atoms with E-state index in [0.717, 1.165) is 5.56 Å². The molecule has 0 saturated carbocycles. The number of aromatic nitrogens is 2. The van der Waals surface area contributed by atoms with Crippen molar-refractivity contribution in [2.45, 2.75) is 25.2 Å². The quantitative estimate of drug-likeness (QED) is 0.874. The van der Waals surface area contributed by atoms with Crippen molar-refractivity contribution in [3.8, 4) is 0 Å². The molecule has 1 aliphatic rings. The summed E-state index contributed by atoms with van der Waals surface area (Å²) in [6.07, 6.45) is 1.59. The molecule has 2 aromatic rings. The molecule has 1 aromatic heterocycles. The van der Waals surface area contributed by atoms with Crippen LogP contribution in [0.1, 0.15) is 11.1 Å². The van der Waals surface area contributed by atoms with E-state index in [1.54, 1.807) is 17.7 Å². The van der Waals surface area contributed by atoms with Crippen LogP contribution in [0.15, 0.2) is 46.5 Å². The number of amides is 1. The van der Waals surface area contributed by atoms with Crippen LogP contribution in [0.3, 0.4) is 0 Å². The smallest absolute Gasteiger partial charge is 0.257 e. The first-order valence-corrected chi connectivity index (χ1v) is 8.14. The summed E-state index contributed by atoms with van der Waals surface area (Å²) in [4.78, 5) is 28.7. The molecule has 0 fully saturated rings. The van der Waals surface area contributed by atoms with E-state index in [9.17, 15) is 9.59 Å². The Labute approximate surface area is 132 Å². The van der Waals surface area contributed by atoms with Crippen LogP contribution in [0, 0.1) is 12.8 Å². The van der Waals surface area contributed by atoms with Crippen LogP contribution in [-0.4, -0.2) is 21.2 Å². The normalized spacial score (nSPS) is 16.9. The Morgan fingerprint density at radius 3 is 2.95 bits per heavy atom. The molecule has 5 nitrogen and oxygen atoms in total. The molecule has 0 aliphatic carbocycles. The number of hydrogen-bond acceptors (Lipinski definition) is 4. The van der Waals surface area contributed by atoms with Crippen molar-refractivity contribution in [3.63, 3.8) is 0 Å². The summed E-state index contributed by atoms with van der Waals surface area (Å²) in [5, 5.41) is 3.64. The van der Waals surface area contributed by atoms with E-state index >= 15 is 0 Å². The van der Waals surface area contributed by atoms with Crippen LogP contribution in [0.2, 0.25) is 0 Å². The first-order chi connectivity index (χ1) is 10.6. The number of aryl methyl sites for hydroxylation is 1. The summed E-state index contributed by atoms with van der Waals surface area (Å²) in [5.74, 6) is 0.425. The predicted octanol–water partition coefficient (Wildman–Crippen LogP) is 1.59. The van der Waals surface area contributed by atoms with E-state index in [-0.39, 0.29) is 17.4 Å². The minimum atomic E-state index is -0.206. The maximum Gasteiger partial charge on any atom is 0.257 e. The zero-order chi connectivity index (χ0) is 15.5. The van der Waals surface area contributed by atoms with Gasteiger partial charge in [0.05, 0.1) is 5.92 Å². The van der Waals surface area contributed by atoms with E-state index < -0.39 is 0 Å². The van der Waals surface area contributed by atoms with Gasteiger partial charge >= 0.3 is 0 Å². The second-order valence-corrected chi connectivity index (χ2v) is 6.34. The van der Waals surface area contributed by atoms with Gasteiger partial charge in [0.2, 0.25) is 5.91 Å². The Hall–Kier alpha value is -2.08. The van der Waals surface area contributed by atoms with Gasteiger partial charge in [0.15, 0.2) is 5.16 Å². The predicted molar refractivity (Wildman–Crippen MR) is 85.7 cm³/mol. The average Bonchev–Trinajstić information content (AvgIpc) is 2.57. The van der Waals surface area contributed by atoms with Crippen molar-refractivity contribution >= 4 is 17.7 Å². The summed E-state index contributed by atoms with van der Waals surface area (Å²) in [7, 11) is 0. The molecule has 0 bridgehead atoms. The summed E-state index contributed by atoms with van der Waals surface area (Å²) in [5.41, 5.74) is 1.61. The highest BCUT2D eigenvalue weighted by molar-refractivity contribution is 7.99. The van der Waals surface area contributed by atoms with Crippen LogP contribution in [0.25, 0.3) is 0 Å². The number of benzene rings is 1. The molecule has 1 unspecified atom stereocenters. The molecule has 0 saturated heterocycles. The van der Waals surface area contributed by atoms with E-state index in [1.165, 1.54) is 11.8 Å². The Morgan fingerprint density at radius 1 is 1.41 bits per heavy atom. The SMILES string of the molecule is Cc1cnc2n(c1=O)CC(C(=O)NCc1ccccc1)CS2. The minimum absolute atomic E-state index is 0.0181. The van der Waals surface area contributed by atoms with Gasteiger partial charge in [-0.05, 0) is 12.5 Å². The molecule has 1 N–H and O–H groups in total. The molecule has 22 heavy (non-hydrogen) atoms. The Bertz CT molecular complexity index is 743. The van der Waals surface area contributed by atoms with Crippen molar-refractivity contribution in [1.29, 1.82) is 0 Å². The van der Waals surface area contributed by atoms with E-state index in [4.69, 9.17) is 0 Å². The van der Waals surface area contributed by atoms with Gasteiger partial charge in [-0.2, -0.15) is 0 Å². The Morgan fingerprint density at radius 2 is 2.18 bits per heavy atom. The fourth-order valence-electron chi connectivity index (χ4n) is 2.39. The number of thioether (sulfide) groups is 1. The average molecular weight is 315 g/mol. The lowest BCUT2D eigenvalue weighted by Gasteiger charge is -2.24. The third-order valence-corrected chi connectivity index (χ3v) is 4.83. The second kappa shape index (κ2) is 6.36. The van der Waals surface area contributed by atoms with Crippen LogP contribution in [-0.2, 0) is 17.9 Å². The van der Waals surface area contributed by atoms with Crippen LogP contribution >= 0.6 is 11.8 Å². The van der Waals surface area contributed by atoms with Crippen LogP contribution in [0.5, 0.6) is 0 Å². The highest BCUT2D eigenvalue weighted by atomic mass is 32.2. The van der Waals surface area contributed by atoms with Gasteiger partial charge in [-0.15, -0.1) is 0 Å². The van der Waals surface area contributed by atoms with Gasteiger partial charge in [0.25, 0.3) is 5.56 Å². The third kappa shape index (κ3) is 3.06. The summed E-state index contributed by atoms with van der Waals surface area (Å²) in [6, 6.07) is 9.79. The lowest BCUT2D eigenvalue weighted by Crippen LogP contribution is -2.40. The third-order valence-electron chi connectivity index (χ3n) is 3.68. The number of rotatable bonds is 3. The molecule has 6 heteroatoms. The summed E-state index contributed by atoms with van der Waals surface area (Å²) >= 11 is 1.46. The highest BCUT2D eigenvalue weighted by Gasteiger charge is 2.26. The number of nitrogens with zero attached hydrogens (tertiary/aromatic N) is 2. The van der Waals surface area contributed by atoms with Crippen LogP contribution < -0.4 is 10.9 Å². The maximum absolute atomic E-state index is 12.3. The fourth-order valence-corrected chi connectivity index (χ4v) is 3.44. The van der Waals surface area contributed by atoms with Crippen molar-refractivity contribution in [3.05, 3.63) is 58.0 Å². The second-order valence-electron chi connectivity index (χ2n) is 5.35. The number of fused-ring (bicyclic) bond motifs is 1. The zero-order valence-corrected chi connectivity index (χ0v) is 13.1. The first-order valence-electron chi connectivity index (χ1n) is 7.16. The number of hydrogen-bond donors (Lipinski definition) is 1. The maximum atomic E-state index is 12.3. The van der Waals surface area contributed by atoms with Gasteiger partial charge in [0, 0.05) is 30.6 Å². The van der Waals surface area contributed by atoms with Crippen molar-refractivity contribution in [2.75, 3.05) is 5.75 Å². The number of carbonyl (C=O) groups excluding carboxylic acids is 1. The molecule has 1 atom stereocenters. The monoisotopic (exact) mass is 315 g/mol. The molecular weight excluding hydrogens is 298 g/mol. The molecule has 114 valence electrons. The lowest BCUT2D eigenvalue weighted by molar-refractivity contribution is -0.125. The van der Waals surface area contributed by atoms with Gasteiger partial charge in [0.1, 0.15) is 0 Å². The van der Waals surface area contributed by atoms with E-state index in [1.807, 2.05) is 30.3 Å². The van der Waals surface area contributed by atoms with E-state index in [0.29, 0.717) is 29.6 Å². The summed E-state index contributed by atoms with van der Waals surface area (Å²) < 4.78 is 1.61. The van der Waals surface area contributed by atoms with Gasteiger partial charge in [-0.25, -0.2) is 4.98 Å². The molecule has 3 rings (SSSR count). The fraction of sp³-hybridized carbons (Fsp3) is 0.312. The molecule has 1 aliphatic heterocycles. The zero-order valence-electron chi connectivity index (χ0n) is 12.3. The molecule has 2 heterocycles. The molecule has 0 spiro atoms. The largest absolute Gasteiger partial charge is 0.352 e. The van der Waals surface area contributed by atoms with Crippen LogP contribution in [0.4, 0.5) is 0 Å². The minimum Gasteiger partial charge on any atom is -0.352 e. The molecule has 1 amide bonds. The van der Waals surface area contributed by atoms with E-state index in [2.05, 4.69) is 10.3 Å². The van der Waals surface area contributed by atoms with Gasteiger partial charge < -0.3 is 5.32 Å². The van der Waals surface area contributed by atoms with Crippen molar-refractivity contribution in [2.24, 2.45) is 5.92 Å². The Kier molecular flexibility index (Phi) is 4.29. The topological polar surface area (TPSA) is 64.0 Å². The van der Waals surface area contributed by atoms with Gasteiger partial charge in [-0.3, -0.25) is 14.2 Å². The summed E-state index contributed by atoms with van der Waals surface area (Å²) in [6.45, 7) is 2.65. The number of nitrogens with one attached hydrogen (secondary N) is 1. The first kappa shape index (κ1) is 14.8. The standard InChI is InChI=1S/C16H17N3O2S/c1-11-7-18-16-19(15(11)21)9-13(10-22-16)14(20)17-8-12-5-3-2-4-6-12/h2-7,13H,8-10H2,1H3,(H,17,20). The molecular formula is C16H17N3O2S. The Balaban J connectivity index is 1.68. The molecule has 1 aromatic carbocycles. The number of carbonyl (C=O) groups is 1. The lowest BCUT2D eigenvalue weighted by atomic mass is 10.1. The van der Waals surface area contributed by atoms with Crippen molar-refractivity contribution in [1.82, 2.24) is 14.9 Å².